The number of halogens is 3. The van der Waals surface area contributed by atoms with Gasteiger partial charge in [0.05, 0.1) is 10.5 Å². The van der Waals surface area contributed by atoms with Crippen molar-refractivity contribution in [3.63, 3.8) is 0 Å². The minimum atomic E-state index is -4.52. The molecule has 1 aromatic rings. The molecule has 24 heavy (non-hydrogen) atoms. The molecule has 1 unspecified atom stereocenters. The highest BCUT2D eigenvalue weighted by Crippen LogP contribution is 2.30. The van der Waals surface area contributed by atoms with Crippen molar-refractivity contribution in [3.05, 3.63) is 42.2 Å². The van der Waals surface area contributed by atoms with Gasteiger partial charge in [0, 0.05) is 26.0 Å². The fourth-order valence-electron chi connectivity index (χ4n) is 2.20. The Hall–Kier alpha value is -1.74. The topological polar surface area (TPSA) is 49.9 Å². The van der Waals surface area contributed by atoms with E-state index in [0.717, 1.165) is 37.1 Å². The van der Waals surface area contributed by atoms with E-state index in [4.69, 9.17) is 4.18 Å². The molecule has 0 aromatic heterocycles. The molecule has 0 radical (unpaired) electrons. The second kappa shape index (κ2) is 7.02. The summed E-state index contributed by atoms with van der Waals surface area (Å²) in [4.78, 5) is 2.99. The molecule has 0 aliphatic carbocycles. The molecule has 0 saturated carbocycles. The largest absolute Gasteiger partial charge is 0.416 e. The van der Waals surface area contributed by atoms with Crippen LogP contribution in [0.3, 0.4) is 0 Å². The monoisotopic (exact) mass is 364 g/mol. The minimum Gasteiger partial charge on any atom is -0.336 e. The molecule has 2 rings (SSSR count). The lowest BCUT2D eigenvalue weighted by atomic mass is 10.2. The maximum absolute atomic E-state index is 12.6. The molecule has 5 nitrogen and oxygen atoms in total. The lowest BCUT2D eigenvalue weighted by molar-refractivity contribution is -0.137. The van der Waals surface area contributed by atoms with Crippen LogP contribution in [0.4, 0.5) is 13.2 Å². The predicted octanol–water partition coefficient (Wildman–Crippen LogP) is 3.21. The Morgan fingerprint density at radius 2 is 1.79 bits per heavy atom. The standard InChI is InChI=1S/C15H19F3N2O3S/c1-3-4-9-20-11-10-19(2)14(20)23-24(21,22)13-7-5-12(6-8-13)15(16,17)18/h5-8,10-11,14H,3-4,9H2,1-2H3. The van der Waals surface area contributed by atoms with E-state index in [1.165, 1.54) is 0 Å². The van der Waals surface area contributed by atoms with Crippen LogP contribution >= 0.6 is 0 Å². The lowest BCUT2D eigenvalue weighted by Gasteiger charge is -2.29. The summed E-state index contributed by atoms with van der Waals surface area (Å²) in [6, 6.07) is 3.25. The molecule has 0 fully saturated rings. The Bertz CT molecular complexity index is 687. The molecule has 1 atom stereocenters. The van der Waals surface area contributed by atoms with Crippen LogP contribution in [0, 0.1) is 0 Å². The second-order valence-corrected chi connectivity index (χ2v) is 7.03. The summed E-state index contributed by atoms with van der Waals surface area (Å²) in [6.45, 7) is 2.63. The van der Waals surface area contributed by atoms with E-state index < -0.39 is 28.2 Å². The van der Waals surface area contributed by atoms with E-state index >= 15 is 0 Å². The van der Waals surface area contributed by atoms with Gasteiger partial charge in [-0.05, 0) is 30.7 Å². The summed E-state index contributed by atoms with van der Waals surface area (Å²) >= 11 is 0. The van der Waals surface area contributed by atoms with Crippen LogP contribution in [0.15, 0.2) is 41.6 Å². The molecule has 1 aromatic carbocycles. The predicted molar refractivity (Wildman–Crippen MR) is 82.0 cm³/mol. The molecule has 1 aliphatic rings. The quantitative estimate of drug-likeness (QED) is 0.726. The Labute approximate surface area is 139 Å². The first-order chi connectivity index (χ1) is 11.1. The average Bonchev–Trinajstić information content (AvgIpc) is 2.84. The lowest BCUT2D eigenvalue weighted by Crippen LogP contribution is -2.40. The van der Waals surface area contributed by atoms with Gasteiger partial charge in [-0.25, -0.2) is 4.18 Å². The third-order valence-corrected chi connectivity index (χ3v) is 4.85. The van der Waals surface area contributed by atoms with Gasteiger partial charge < -0.3 is 9.80 Å². The summed E-state index contributed by atoms with van der Waals surface area (Å²) < 4.78 is 67.6. The zero-order valence-electron chi connectivity index (χ0n) is 13.3. The highest BCUT2D eigenvalue weighted by atomic mass is 32.2. The first kappa shape index (κ1) is 18.6. The zero-order chi connectivity index (χ0) is 18.0. The minimum absolute atomic E-state index is 0.314. The fourth-order valence-corrected chi connectivity index (χ4v) is 3.25. The molecular weight excluding hydrogens is 345 g/mol. The third kappa shape index (κ3) is 4.21. The molecule has 0 spiro atoms. The third-order valence-electron chi connectivity index (χ3n) is 3.58. The van der Waals surface area contributed by atoms with E-state index in [1.807, 2.05) is 6.92 Å². The van der Waals surface area contributed by atoms with Crippen LogP contribution in [0.1, 0.15) is 25.3 Å². The maximum atomic E-state index is 12.6. The van der Waals surface area contributed by atoms with Crippen molar-refractivity contribution in [1.29, 1.82) is 0 Å². The van der Waals surface area contributed by atoms with Crippen molar-refractivity contribution in [3.8, 4) is 0 Å². The summed E-state index contributed by atoms with van der Waals surface area (Å²) in [5.41, 5.74) is -0.911. The number of hydrogen-bond acceptors (Lipinski definition) is 5. The smallest absolute Gasteiger partial charge is 0.336 e. The van der Waals surface area contributed by atoms with Gasteiger partial charge in [0.2, 0.25) is 6.35 Å². The Morgan fingerprint density at radius 3 is 2.33 bits per heavy atom. The molecule has 0 saturated heterocycles. The number of rotatable bonds is 6. The number of benzene rings is 1. The molecule has 0 N–H and O–H groups in total. The van der Waals surface area contributed by atoms with Crippen LogP contribution in [0.2, 0.25) is 0 Å². The summed E-state index contributed by atoms with van der Waals surface area (Å²) in [7, 11) is -2.53. The fraction of sp³-hybridized carbons (Fsp3) is 0.467. The van der Waals surface area contributed by atoms with Gasteiger partial charge in [0.25, 0.3) is 10.1 Å². The Balaban J connectivity index is 2.15. The maximum Gasteiger partial charge on any atom is 0.416 e. The summed E-state index contributed by atoms with van der Waals surface area (Å²) in [5, 5.41) is 0. The first-order valence-electron chi connectivity index (χ1n) is 7.41. The van der Waals surface area contributed by atoms with Gasteiger partial charge in [-0.2, -0.15) is 21.6 Å². The summed E-state index contributed by atoms with van der Waals surface area (Å²) in [6.07, 6.45) is -0.157. The molecule has 134 valence electrons. The van der Waals surface area contributed by atoms with Crippen molar-refractivity contribution in [2.24, 2.45) is 0 Å². The molecular formula is C15H19F3N2O3S. The molecule has 9 heteroatoms. The van der Waals surface area contributed by atoms with Gasteiger partial charge in [0.1, 0.15) is 0 Å². The Kier molecular flexibility index (Phi) is 5.44. The van der Waals surface area contributed by atoms with Crippen molar-refractivity contribution in [2.45, 2.75) is 37.2 Å². The number of unbranched alkanes of at least 4 members (excludes halogenated alkanes) is 1. The van der Waals surface area contributed by atoms with Crippen LogP contribution in [0.5, 0.6) is 0 Å². The van der Waals surface area contributed by atoms with Crippen LogP contribution in [-0.4, -0.2) is 38.2 Å². The van der Waals surface area contributed by atoms with Crippen molar-refractivity contribution in [1.82, 2.24) is 9.80 Å². The molecule has 1 heterocycles. The normalized spacial score (nSPS) is 18.5. The average molecular weight is 364 g/mol. The van der Waals surface area contributed by atoms with E-state index in [0.29, 0.717) is 6.54 Å². The second-order valence-electron chi connectivity index (χ2n) is 5.45. The van der Waals surface area contributed by atoms with Crippen molar-refractivity contribution < 1.29 is 25.8 Å². The van der Waals surface area contributed by atoms with Crippen molar-refractivity contribution in [2.75, 3.05) is 13.6 Å². The SMILES string of the molecule is CCCCN1C=CN(C)C1OS(=O)(=O)c1ccc(C(F)(F)F)cc1. The van der Waals surface area contributed by atoms with Gasteiger partial charge in [-0.3, -0.25) is 0 Å². The molecule has 0 bridgehead atoms. The van der Waals surface area contributed by atoms with Gasteiger partial charge in [-0.15, -0.1) is 0 Å². The van der Waals surface area contributed by atoms with E-state index in [1.54, 1.807) is 29.2 Å². The van der Waals surface area contributed by atoms with Crippen LogP contribution < -0.4 is 0 Å². The van der Waals surface area contributed by atoms with Gasteiger partial charge >= 0.3 is 6.18 Å². The number of hydrogen-bond donors (Lipinski definition) is 0. The molecule has 0 amide bonds. The molecule has 1 aliphatic heterocycles. The Morgan fingerprint density at radius 1 is 1.17 bits per heavy atom. The highest BCUT2D eigenvalue weighted by Gasteiger charge is 2.33. The van der Waals surface area contributed by atoms with Crippen LogP contribution in [-0.2, 0) is 20.5 Å². The zero-order valence-corrected chi connectivity index (χ0v) is 14.1. The van der Waals surface area contributed by atoms with E-state index in [9.17, 15) is 21.6 Å². The van der Waals surface area contributed by atoms with Crippen molar-refractivity contribution >= 4 is 10.1 Å². The van der Waals surface area contributed by atoms with Crippen LogP contribution in [0.25, 0.3) is 0 Å². The number of nitrogens with zero attached hydrogens (tertiary/aromatic N) is 2. The number of alkyl halides is 3. The highest BCUT2D eigenvalue weighted by molar-refractivity contribution is 7.86. The van der Waals surface area contributed by atoms with Gasteiger partial charge in [0.15, 0.2) is 0 Å². The van der Waals surface area contributed by atoms with E-state index in [2.05, 4.69) is 0 Å². The first-order valence-corrected chi connectivity index (χ1v) is 8.82. The summed E-state index contributed by atoms with van der Waals surface area (Å²) in [5.74, 6) is 0. The van der Waals surface area contributed by atoms with Gasteiger partial charge in [-0.1, -0.05) is 13.3 Å². The van der Waals surface area contributed by atoms with E-state index in [-0.39, 0.29) is 4.90 Å².